The van der Waals surface area contributed by atoms with E-state index in [-0.39, 0.29) is 30.2 Å². The summed E-state index contributed by atoms with van der Waals surface area (Å²) in [4.78, 5) is 12.2. The van der Waals surface area contributed by atoms with Gasteiger partial charge in [-0.2, -0.15) is 0 Å². The normalized spacial score (nSPS) is 14.8. The highest BCUT2D eigenvalue weighted by Gasteiger charge is 2.21. The molecular weight excluding hydrogens is 425 g/mol. The molecule has 31 heavy (non-hydrogen) atoms. The number of rotatable bonds is 8. The van der Waals surface area contributed by atoms with E-state index in [0.29, 0.717) is 41.4 Å². The number of hydrogen-bond donors (Lipinski definition) is 2. The van der Waals surface area contributed by atoms with Crippen molar-refractivity contribution >= 4 is 17.7 Å². The summed E-state index contributed by atoms with van der Waals surface area (Å²) < 4.78 is 31.1. The molecule has 162 valence electrons. The van der Waals surface area contributed by atoms with Crippen molar-refractivity contribution in [3.63, 3.8) is 0 Å². The molecule has 3 N–H and O–H groups in total. The molecule has 9 nitrogen and oxygen atoms in total. The van der Waals surface area contributed by atoms with Gasteiger partial charge in [0, 0.05) is 0 Å². The first-order chi connectivity index (χ1) is 15.1. The fourth-order valence-corrected chi connectivity index (χ4v) is 3.46. The number of halogens is 1. The molecule has 1 aliphatic rings. The number of thioether (sulfide) groups is 1. The highest BCUT2D eigenvalue weighted by Crippen LogP contribution is 2.30. The van der Waals surface area contributed by atoms with Gasteiger partial charge in [0.05, 0.1) is 12.3 Å². The number of nitrogen functional groups attached to an aromatic ring is 1. The maximum atomic E-state index is 12.9. The number of nitrogens with one attached hydrogen (secondary N) is 1. The van der Waals surface area contributed by atoms with Gasteiger partial charge in [0.2, 0.25) is 11.1 Å². The lowest BCUT2D eigenvalue weighted by molar-refractivity contribution is -0.119. The Morgan fingerprint density at radius 1 is 1.23 bits per heavy atom. The molecule has 1 amide bonds. The van der Waals surface area contributed by atoms with E-state index < -0.39 is 0 Å². The van der Waals surface area contributed by atoms with Crippen LogP contribution in [0.4, 0.5) is 4.39 Å². The van der Waals surface area contributed by atoms with Gasteiger partial charge in [0.25, 0.3) is 0 Å². The number of nitrogens with two attached hydrogens (primary N) is 1. The average Bonchev–Trinajstić information content (AvgIpc) is 3.15. The summed E-state index contributed by atoms with van der Waals surface area (Å²) in [5.41, 5.74) is 0. The van der Waals surface area contributed by atoms with Crippen molar-refractivity contribution in [2.75, 3.05) is 24.7 Å². The first-order valence-corrected chi connectivity index (χ1v) is 10.4. The third-order valence-electron chi connectivity index (χ3n) is 4.34. The molecule has 1 atom stereocenters. The number of para-hydroxylation sites is 2. The van der Waals surface area contributed by atoms with Gasteiger partial charge >= 0.3 is 0 Å². The zero-order valence-corrected chi connectivity index (χ0v) is 17.2. The molecule has 1 aromatic heterocycles. The van der Waals surface area contributed by atoms with Crippen molar-refractivity contribution in [2.45, 2.75) is 17.9 Å². The third-order valence-corrected chi connectivity index (χ3v) is 5.29. The zero-order chi connectivity index (χ0) is 21.6. The molecule has 0 saturated heterocycles. The minimum Gasteiger partial charge on any atom is -0.486 e. The molecule has 1 aliphatic heterocycles. The van der Waals surface area contributed by atoms with E-state index in [4.69, 9.17) is 20.1 Å². The van der Waals surface area contributed by atoms with Crippen LogP contribution in [0.15, 0.2) is 53.7 Å². The molecule has 2 heterocycles. The van der Waals surface area contributed by atoms with E-state index in [2.05, 4.69) is 15.5 Å². The molecular formula is C20H20FN5O4S. The fourth-order valence-electron chi connectivity index (χ4n) is 2.76. The van der Waals surface area contributed by atoms with Crippen LogP contribution in [0.1, 0.15) is 5.82 Å². The van der Waals surface area contributed by atoms with E-state index in [1.165, 1.54) is 28.9 Å². The summed E-state index contributed by atoms with van der Waals surface area (Å²) in [6.45, 7) is 0.737. The highest BCUT2D eigenvalue weighted by molar-refractivity contribution is 7.99. The van der Waals surface area contributed by atoms with Crippen molar-refractivity contribution in [3.05, 3.63) is 60.2 Å². The lowest BCUT2D eigenvalue weighted by Crippen LogP contribution is -2.41. The van der Waals surface area contributed by atoms with Crippen LogP contribution in [-0.2, 0) is 11.4 Å². The SMILES string of the molecule is Nn1c(COc2ccc(F)cc2)nnc1SCC(=O)NCC1COc2ccccc2O1. The van der Waals surface area contributed by atoms with E-state index in [1.54, 1.807) is 0 Å². The topological polar surface area (TPSA) is 114 Å². The Hall–Kier alpha value is -3.47. The summed E-state index contributed by atoms with van der Waals surface area (Å²) in [6.07, 6.45) is -0.266. The maximum absolute atomic E-state index is 12.9. The predicted octanol–water partition coefficient (Wildman–Crippen LogP) is 1.76. The standard InChI is InChI=1S/C20H20FN5O4S/c21-13-5-7-14(8-6-13)28-11-18-24-25-20(26(18)22)31-12-19(27)23-9-15-10-29-16-3-1-2-4-17(16)30-15/h1-8,15H,9-12,22H2,(H,23,27). The second-order valence-corrected chi connectivity index (χ2v) is 7.54. The smallest absolute Gasteiger partial charge is 0.230 e. The van der Waals surface area contributed by atoms with Gasteiger partial charge in [-0.1, -0.05) is 23.9 Å². The molecule has 0 aliphatic carbocycles. The van der Waals surface area contributed by atoms with Gasteiger partial charge in [0.15, 0.2) is 17.3 Å². The molecule has 1 unspecified atom stereocenters. The number of benzene rings is 2. The number of ether oxygens (including phenoxy) is 3. The predicted molar refractivity (Wildman–Crippen MR) is 111 cm³/mol. The number of carbonyl (C=O) groups excluding carboxylic acids is 1. The molecule has 2 aromatic carbocycles. The van der Waals surface area contributed by atoms with Crippen molar-refractivity contribution < 1.29 is 23.4 Å². The van der Waals surface area contributed by atoms with E-state index >= 15 is 0 Å². The van der Waals surface area contributed by atoms with Gasteiger partial charge < -0.3 is 25.4 Å². The molecule has 11 heteroatoms. The van der Waals surface area contributed by atoms with Crippen molar-refractivity contribution in [1.29, 1.82) is 0 Å². The van der Waals surface area contributed by atoms with Gasteiger partial charge in [-0.15, -0.1) is 10.2 Å². The lowest BCUT2D eigenvalue weighted by Gasteiger charge is -2.26. The van der Waals surface area contributed by atoms with Crippen LogP contribution in [0.25, 0.3) is 0 Å². The minimum absolute atomic E-state index is 0.0579. The van der Waals surface area contributed by atoms with Gasteiger partial charge in [-0.3, -0.25) is 4.79 Å². The fraction of sp³-hybridized carbons (Fsp3) is 0.250. The monoisotopic (exact) mass is 445 g/mol. The number of aromatic nitrogens is 3. The molecule has 0 bridgehead atoms. The zero-order valence-electron chi connectivity index (χ0n) is 16.4. The molecule has 0 spiro atoms. The van der Waals surface area contributed by atoms with Crippen LogP contribution in [0, 0.1) is 5.82 Å². The van der Waals surface area contributed by atoms with Crippen LogP contribution in [0.2, 0.25) is 0 Å². The van der Waals surface area contributed by atoms with E-state index in [1.807, 2.05) is 24.3 Å². The van der Waals surface area contributed by atoms with Crippen LogP contribution in [0.3, 0.4) is 0 Å². The first kappa shape index (κ1) is 20.8. The summed E-state index contributed by atoms with van der Waals surface area (Å²) in [5.74, 6) is 7.75. The second-order valence-electron chi connectivity index (χ2n) is 6.60. The van der Waals surface area contributed by atoms with Crippen LogP contribution in [-0.4, -0.2) is 45.8 Å². The van der Waals surface area contributed by atoms with Gasteiger partial charge in [0.1, 0.15) is 30.9 Å². The van der Waals surface area contributed by atoms with Crippen LogP contribution >= 0.6 is 11.8 Å². The number of hydrogen-bond acceptors (Lipinski definition) is 8. The van der Waals surface area contributed by atoms with Gasteiger partial charge in [-0.25, -0.2) is 9.07 Å². The molecule has 0 radical (unpaired) electrons. The van der Waals surface area contributed by atoms with Gasteiger partial charge in [-0.05, 0) is 36.4 Å². The Balaban J connectivity index is 1.21. The molecule has 0 saturated carbocycles. The summed E-state index contributed by atoms with van der Waals surface area (Å²) in [6, 6.07) is 13.0. The van der Waals surface area contributed by atoms with Crippen molar-refractivity contribution in [2.24, 2.45) is 0 Å². The minimum atomic E-state index is -0.348. The van der Waals surface area contributed by atoms with E-state index in [9.17, 15) is 9.18 Å². The molecule has 3 aromatic rings. The maximum Gasteiger partial charge on any atom is 0.230 e. The first-order valence-electron chi connectivity index (χ1n) is 9.44. The lowest BCUT2D eigenvalue weighted by atomic mass is 10.2. The Labute approximate surface area is 181 Å². The Morgan fingerprint density at radius 2 is 2.00 bits per heavy atom. The number of amides is 1. The second kappa shape index (κ2) is 9.56. The summed E-state index contributed by atoms with van der Waals surface area (Å²) in [5, 5.41) is 11.1. The Kier molecular flexibility index (Phi) is 6.41. The molecule has 0 fully saturated rings. The quantitative estimate of drug-likeness (QED) is 0.398. The Morgan fingerprint density at radius 3 is 2.81 bits per heavy atom. The Bertz CT molecular complexity index is 1050. The summed E-state index contributed by atoms with van der Waals surface area (Å²) in [7, 11) is 0. The van der Waals surface area contributed by atoms with Crippen molar-refractivity contribution in [1.82, 2.24) is 20.2 Å². The third kappa shape index (κ3) is 5.37. The largest absolute Gasteiger partial charge is 0.486 e. The number of fused-ring (bicyclic) bond motifs is 1. The van der Waals surface area contributed by atoms with E-state index in [0.717, 1.165) is 11.8 Å². The van der Waals surface area contributed by atoms with Crippen LogP contribution in [0.5, 0.6) is 17.2 Å². The number of carbonyl (C=O) groups is 1. The van der Waals surface area contributed by atoms with Crippen molar-refractivity contribution in [3.8, 4) is 17.2 Å². The molecule has 4 rings (SSSR count). The average molecular weight is 445 g/mol. The number of nitrogens with zero attached hydrogens (tertiary/aromatic N) is 3. The highest BCUT2D eigenvalue weighted by atomic mass is 32.2. The summed E-state index contributed by atoms with van der Waals surface area (Å²) >= 11 is 1.15. The van der Waals surface area contributed by atoms with Crippen LogP contribution < -0.4 is 25.4 Å².